The summed E-state index contributed by atoms with van der Waals surface area (Å²) in [7, 11) is 1.65. The third-order valence-corrected chi connectivity index (χ3v) is 3.09. The summed E-state index contributed by atoms with van der Waals surface area (Å²) in [5.74, 6) is 1.33. The lowest BCUT2D eigenvalue weighted by Gasteiger charge is -2.37. The van der Waals surface area contributed by atoms with Crippen LogP contribution in [0.3, 0.4) is 0 Å². The van der Waals surface area contributed by atoms with Crippen LogP contribution in [-0.2, 0) is 10.3 Å². The van der Waals surface area contributed by atoms with Crippen LogP contribution in [0.15, 0.2) is 4.52 Å². The minimum Gasteiger partial charge on any atom is -0.370 e. The second-order valence-corrected chi connectivity index (χ2v) is 4.02. The van der Waals surface area contributed by atoms with E-state index >= 15 is 0 Å². The molecule has 1 fully saturated rings. The largest absolute Gasteiger partial charge is 0.370 e. The first-order valence-corrected chi connectivity index (χ1v) is 5.31. The maximum atomic E-state index is 5.46. The molecule has 90 valence electrons. The maximum Gasteiger partial charge on any atom is 0.295 e. The van der Waals surface area contributed by atoms with Gasteiger partial charge in [0.05, 0.1) is 0 Å². The number of ether oxygens (including phenoxy) is 1. The van der Waals surface area contributed by atoms with Crippen molar-refractivity contribution in [3.63, 3.8) is 0 Å². The first kappa shape index (κ1) is 10.2. The fourth-order valence-corrected chi connectivity index (χ4v) is 1.89. The van der Waals surface area contributed by atoms with Gasteiger partial charge in [0.1, 0.15) is 5.60 Å². The van der Waals surface area contributed by atoms with E-state index in [9.17, 15) is 0 Å². The van der Waals surface area contributed by atoms with E-state index < -0.39 is 5.60 Å². The van der Waals surface area contributed by atoms with Gasteiger partial charge in [0, 0.05) is 7.11 Å². The summed E-state index contributed by atoms with van der Waals surface area (Å²) in [6.45, 7) is 0. The molecule has 8 nitrogen and oxygen atoms in total. The highest BCUT2D eigenvalue weighted by Gasteiger charge is 2.43. The zero-order chi connectivity index (χ0) is 11.9. The van der Waals surface area contributed by atoms with Crippen molar-refractivity contribution in [2.45, 2.75) is 24.9 Å². The number of nitrogens with two attached hydrogens (primary N) is 1. The van der Waals surface area contributed by atoms with Gasteiger partial charge in [-0.25, -0.2) is 0 Å². The van der Waals surface area contributed by atoms with Gasteiger partial charge >= 0.3 is 0 Å². The van der Waals surface area contributed by atoms with Gasteiger partial charge in [-0.1, -0.05) is 5.16 Å². The predicted octanol–water partition coefficient (Wildman–Crippen LogP) is 0.462. The summed E-state index contributed by atoms with van der Waals surface area (Å²) in [5, 5.41) is 10.2. The molecule has 2 aromatic heterocycles. The molecule has 0 radical (unpaired) electrons. The molecular formula is C9H12N6O2. The zero-order valence-electron chi connectivity index (χ0n) is 9.30. The number of aromatic nitrogens is 5. The van der Waals surface area contributed by atoms with Crippen molar-refractivity contribution in [2.24, 2.45) is 0 Å². The number of hydrogen-bond donors (Lipinski definition) is 2. The highest BCUT2D eigenvalue weighted by Crippen LogP contribution is 2.43. The van der Waals surface area contributed by atoms with E-state index in [-0.39, 0.29) is 11.8 Å². The number of hydrogen-bond acceptors (Lipinski definition) is 7. The van der Waals surface area contributed by atoms with Crippen LogP contribution < -0.4 is 5.73 Å². The second-order valence-electron chi connectivity index (χ2n) is 4.02. The normalized spacial score (nSPS) is 17.9. The average molecular weight is 236 g/mol. The molecule has 0 amide bonds. The molecule has 2 aromatic rings. The summed E-state index contributed by atoms with van der Waals surface area (Å²) in [4.78, 5) is 8.19. The third-order valence-electron chi connectivity index (χ3n) is 3.09. The summed E-state index contributed by atoms with van der Waals surface area (Å²) in [5.41, 5.74) is 5.01. The van der Waals surface area contributed by atoms with Crippen LogP contribution in [0.1, 0.15) is 25.1 Å². The lowest BCUT2D eigenvalue weighted by molar-refractivity contribution is -0.0858. The standard InChI is InChI=1S/C9H12N6O2/c1-16-9(3-2-4-9)7-12-6(17-15-7)5-11-8(10)14-13-5/h2-4H2,1H3,(H3,10,11,13,14). The van der Waals surface area contributed by atoms with Crippen molar-refractivity contribution in [1.82, 2.24) is 25.3 Å². The molecule has 3 N–H and O–H groups in total. The molecule has 1 aliphatic rings. The predicted molar refractivity (Wildman–Crippen MR) is 56.6 cm³/mol. The zero-order valence-corrected chi connectivity index (χ0v) is 9.30. The van der Waals surface area contributed by atoms with Gasteiger partial charge in [-0.05, 0) is 19.3 Å². The van der Waals surface area contributed by atoms with E-state index in [0.29, 0.717) is 11.6 Å². The number of anilines is 1. The van der Waals surface area contributed by atoms with Crippen LogP contribution in [0, 0.1) is 0 Å². The minimum absolute atomic E-state index is 0.143. The Balaban J connectivity index is 1.92. The Morgan fingerprint density at radius 1 is 1.41 bits per heavy atom. The summed E-state index contributed by atoms with van der Waals surface area (Å²) in [6, 6.07) is 0. The van der Waals surface area contributed by atoms with E-state index in [4.69, 9.17) is 15.0 Å². The lowest BCUT2D eigenvalue weighted by atomic mass is 9.79. The number of nitrogens with zero attached hydrogens (tertiary/aromatic N) is 4. The Labute approximate surface area is 96.6 Å². The van der Waals surface area contributed by atoms with E-state index in [1.165, 1.54) is 0 Å². The first-order valence-electron chi connectivity index (χ1n) is 5.31. The summed E-state index contributed by atoms with van der Waals surface area (Å²) in [6.07, 6.45) is 2.91. The average Bonchev–Trinajstić information content (AvgIpc) is 2.86. The molecule has 0 bridgehead atoms. The van der Waals surface area contributed by atoms with Crippen molar-refractivity contribution >= 4 is 5.95 Å². The van der Waals surface area contributed by atoms with Gasteiger partial charge < -0.3 is 15.0 Å². The van der Waals surface area contributed by atoms with Crippen molar-refractivity contribution < 1.29 is 9.26 Å². The SMILES string of the molecule is COC1(c2noc(-c3nc(N)n[nH]3)n2)CCC1. The number of methoxy groups -OCH3 is 1. The van der Waals surface area contributed by atoms with Crippen molar-refractivity contribution in [3.8, 4) is 11.7 Å². The number of rotatable bonds is 3. The van der Waals surface area contributed by atoms with Crippen molar-refractivity contribution in [3.05, 3.63) is 5.82 Å². The molecule has 0 spiro atoms. The van der Waals surface area contributed by atoms with Crippen LogP contribution in [0.5, 0.6) is 0 Å². The molecule has 0 aliphatic heterocycles. The van der Waals surface area contributed by atoms with Gasteiger partial charge in [0.15, 0.2) is 0 Å². The molecule has 8 heteroatoms. The molecule has 3 rings (SSSR count). The smallest absolute Gasteiger partial charge is 0.295 e. The van der Waals surface area contributed by atoms with Crippen LogP contribution >= 0.6 is 0 Å². The highest BCUT2D eigenvalue weighted by molar-refractivity contribution is 5.41. The van der Waals surface area contributed by atoms with E-state index in [2.05, 4.69) is 25.3 Å². The van der Waals surface area contributed by atoms with Crippen LogP contribution in [0.2, 0.25) is 0 Å². The fourth-order valence-electron chi connectivity index (χ4n) is 1.89. The Kier molecular flexibility index (Phi) is 2.11. The highest BCUT2D eigenvalue weighted by atomic mass is 16.5. The molecular weight excluding hydrogens is 224 g/mol. The number of H-pyrrole nitrogens is 1. The Morgan fingerprint density at radius 2 is 2.24 bits per heavy atom. The summed E-state index contributed by atoms with van der Waals surface area (Å²) >= 11 is 0. The van der Waals surface area contributed by atoms with E-state index in [1.54, 1.807) is 7.11 Å². The fraction of sp³-hybridized carbons (Fsp3) is 0.556. The molecule has 2 heterocycles. The van der Waals surface area contributed by atoms with Crippen molar-refractivity contribution in [2.75, 3.05) is 12.8 Å². The molecule has 0 aromatic carbocycles. The number of nitrogens with one attached hydrogen (secondary N) is 1. The topological polar surface area (TPSA) is 116 Å². The summed E-state index contributed by atoms with van der Waals surface area (Å²) < 4.78 is 10.6. The quantitative estimate of drug-likeness (QED) is 0.795. The Hall–Kier alpha value is -1.96. The molecule has 17 heavy (non-hydrogen) atoms. The Morgan fingerprint density at radius 3 is 2.76 bits per heavy atom. The molecule has 0 saturated heterocycles. The van der Waals surface area contributed by atoms with Gasteiger partial charge in [0.2, 0.25) is 17.6 Å². The van der Waals surface area contributed by atoms with Crippen LogP contribution in [0.25, 0.3) is 11.7 Å². The first-order chi connectivity index (χ1) is 8.23. The second kappa shape index (κ2) is 3.52. The molecule has 0 atom stereocenters. The Bertz CT molecular complexity index is 524. The molecule has 1 saturated carbocycles. The van der Waals surface area contributed by atoms with Crippen LogP contribution in [0.4, 0.5) is 5.95 Å². The maximum absolute atomic E-state index is 5.46. The van der Waals surface area contributed by atoms with Gasteiger partial charge in [0.25, 0.3) is 5.89 Å². The number of nitrogen functional groups attached to an aromatic ring is 1. The monoisotopic (exact) mass is 236 g/mol. The van der Waals surface area contributed by atoms with Gasteiger partial charge in [-0.3, -0.25) is 5.10 Å². The molecule has 0 unspecified atom stereocenters. The van der Waals surface area contributed by atoms with Gasteiger partial charge in [-0.15, -0.1) is 5.10 Å². The lowest BCUT2D eigenvalue weighted by Crippen LogP contribution is -2.37. The van der Waals surface area contributed by atoms with E-state index in [1.807, 2.05) is 0 Å². The van der Waals surface area contributed by atoms with Crippen LogP contribution in [-0.4, -0.2) is 32.4 Å². The number of aromatic amines is 1. The molecule has 1 aliphatic carbocycles. The van der Waals surface area contributed by atoms with E-state index in [0.717, 1.165) is 19.3 Å². The third kappa shape index (κ3) is 1.48. The van der Waals surface area contributed by atoms with Crippen molar-refractivity contribution in [1.29, 1.82) is 0 Å². The minimum atomic E-state index is -0.396. The van der Waals surface area contributed by atoms with Gasteiger partial charge in [-0.2, -0.15) is 9.97 Å².